The maximum atomic E-state index is 12.3. The summed E-state index contributed by atoms with van der Waals surface area (Å²) in [7, 11) is 3.27. The highest BCUT2D eigenvalue weighted by atomic mass is 16.5. The van der Waals surface area contributed by atoms with Crippen molar-refractivity contribution in [2.45, 2.75) is 26.2 Å². The molecule has 5 heteroatoms. The van der Waals surface area contributed by atoms with Crippen molar-refractivity contribution >= 4 is 5.91 Å². The number of hydrogen-bond acceptors (Lipinski definition) is 4. The summed E-state index contributed by atoms with van der Waals surface area (Å²) in [4.78, 5) is 16.7. The van der Waals surface area contributed by atoms with Gasteiger partial charge in [0.25, 0.3) is 0 Å². The van der Waals surface area contributed by atoms with Crippen LogP contribution in [-0.4, -0.2) is 62.7 Å². The minimum Gasteiger partial charge on any atom is -0.493 e. The summed E-state index contributed by atoms with van der Waals surface area (Å²) in [5, 5.41) is 0. The first kappa shape index (κ1) is 17.6. The predicted octanol–water partition coefficient (Wildman–Crippen LogP) is 2.19. The molecule has 0 N–H and O–H groups in total. The molecule has 0 bridgehead atoms. The number of likely N-dealkylation sites (N-methyl/N-ethyl adjacent to an activating group) is 1. The van der Waals surface area contributed by atoms with E-state index in [1.807, 2.05) is 23.1 Å². The number of benzene rings is 1. The van der Waals surface area contributed by atoms with Gasteiger partial charge in [-0.3, -0.25) is 4.79 Å². The Kier molecular flexibility index (Phi) is 6.71. The fourth-order valence-corrected chi connectivity index (χ4v) is 2.95. The molecule has 1 aromatic rings. The molecule has 1 aromatic carbocycles. The molecule has 128 valence electrons. The Morgan fingerprint density at radius 1 is 1.09 bits per heavy atom. The van der Waals surface area contributed by atoms with Crippen LogP contribution in [0.25, 0.3) is 0 Å². The largest absolute Gasteiger partial charge is 0.493 e. The van der Waals surface area contributed by atoms with Gasteiger partial charge in [0, 0.05) is 32.6 Å². The third kappa shape index (κ3) is 4.86. The monoisotopic (exact) mass is 320 g/mol. The molecule has 0 aromatic heterocycles. The summed E-state index contributed by atoms with van der Waals surface area (Å²) >= 11 is 0. The average molecular weight is 320 g/mol. The van der Waals surface area contributed by atoms with Gasteiger partial charge in [0.15, 0.2) is 11.5 Å². The molecule has 1 saturated heterocycles. The Hall–Kier alpha value is -1.75. The third-order valence-electron chi connectivity index (χ3n) is 4.48. The summed E-state index contributed by atoms with van der Waals surface area (Å²) < 4.78 is 10.6. The Balaban J connectivity index is 1.77. The second-order valence-corrected chi connectivity index (χ2v) is 5.86. The lowest BCUT2D eigenvalue weighted by molar-refractivity contribution is -0.133. The summed E-state index contributed by atoms with van der Waals surface area (Å²) in [6.07, 6.45) is 2.35. The van der Waals surface area contributed by atoms with Gasteiger partial charge in [0.1, 0.15) is 0 Å². The van der Waals surface area contributed by atoms with Crippen molar-refractivity contribution in [2.24, 2.45) is 0 Å². The highest BCUT2D eigenvalue weighted by Crippen LogP contribution is 2.28. The van der Waals surface area contributed by atoms with Crippen LogP contribution in [0.15, 0.2) is 18.2 Å². The zero-order chi connectivity index (χ0) is 16.7. The number of methoxy groups -OCH3 is 2. The lowest BCUT2D eigenvalue weighted by Gasteiger charge is -2.34. The van der Waals surface area contributed by atoms with E-state index in [0.717, 1.165) is 57.1 Å². The van der Waals surface area contributed by atoms with Crippen LogP contribution in [-0.2, 0) is 11.2 Å². The van der Waals surface area contributed by atoms with Gasteiger partial charge in [-0.15, -0.1) is 0 Å². The van der Waals surface area contributed by atoms with E-state index in [1.165, 1.54) is 5.56 Å². The lowest BCUT2D eigenvalue weighted by atomic mass is 10.1. The molecule has 5 nitrogen and oxygen atoms in total. The minimum atomic E-state index is 0.279. The van der Waals surface area contributed by atoms with Crippen molar-refractivity contribution in [3.8, 4) is 11.5 Å². The minimum absolute atomic E-state index is 0.279. The lowest BCUT2D eigenvalue weighted by Crippen LogP contribution is -2.48. The number of piperazine rings is 1. The molecule has 0 unspecified atom stereocenters. The van der Waals surface area contributed by atoms with Crippen LogP contribution in [0.3, 0.4) is 0 Å². The number of nitrogens with zero attached hydrogens (tertiary/aromatic N) is 2. The van der Waals surface area contributed by atoms with Crippen LogP contribution in [0, 0.1) is 0 Å². The van der Waals surface area contributed by atoms with Crippen LogP contribution < -0.4 is 9.47 Å². The van der Waals surface area contributed by atoms with Crippen molar-refractivity contribution in [3.63, 3.8) is 0 Å². The van der Waals surface area contributed by atoms with Gasteiger partial charge in [-0.1, -0.05) is 13.0 Å². The first-order chi connectivity index (χ1) is 11.2. The van der Waals surface area contributed by atoms with Gasteiger partial charge in [-0.05, 0) is 37.1 Å². The van der Waals surface area contributed by atoms with Crippen molar-refractivity contribution in [1.29, 1.82) is 0 Å². The van der Waals surface area contributed by atoms with Crippen molar-refractivity contribution in [2.75, 3.05) is 46.9 Å². The molecule has 1 heterocycles. The van der Waals surface area contributed by atoms with Crippen LogP contribution in [0.1, 0.15) is 25.3 Å². The zero-order valence-electron chi connectivity index (χ0n) is 14.5. The second kappa shape index (κ2) is 8.77. The molecular formula is C18H28N2O3. The van der Waals surface area contributed by atoms with Crippen LogP contribution in [0.4, 0.5) is 0 Å². The summed E-state index contributed by atoms with van der Waals surface area (Å²) in [5.41, 5.74) is 1.17. The molecule has 0 atom stereocenters. The normalized spacial score (nSPS) is 15.5. The van der Waals surface area contributed by atoms with E-state index in [0.29, 0.717) is 6.42 Å². The van der Waals surface area contributed by atoms with Crippen molar-refractivity contribution < 1.29 is 14.3 Å². The van der Waals surface area contributed by atoms with Crippen LogP contribution in [0.2, 0.25) is 0 Å². The van der Waals surface area contributed by atoms with Gasteiger partial charge in [0.05, 0.1) is 14.2 Å². The Morgan fingerprint density at radius 3 is 2.39 bits per heavy atom. The molecule has 1 fully saturated rings. The second-order valence-electron chi connectivity index (χ2n) is 5.86. The maximum Gasteiger partial charge on any atom is 0.222 e. The number of aryl methyl sites for hydroxylation is 1. The SMILES string of the molecule is CCN1CCN(C(=O)CCCc2ccc(OC)c(OC)c2)CC1. The molecular weight excluding hydrogens is 292 g/mol. The van der Waals surface area contributed by atoms with Gasteiger partial charge in [-0.25, -0.2) is 0 Å². The highest BCUT2D eigenvalue weighted by molar-refractivity contribution is 5.76. The van der Waals surface area contributed by atoms with E-state index in [4.69, 9.17) is 9.47 Å². The maximum absolute atomic E-state index is 12.3. The first-order valence-electron chi connectivity index (χ1n) is 8.39. The van der Waals surface area contributed by atoms with E-state index < -0.39 is 0 Å². The van der Waals surface area contributed by atoms with E-state index in [2.05, 4.69) is 11.8 Å². The molecule has 0 spiro atoms. The number of carbonyl (C=O) groups is 1. The number of rotatable bonds is 7. The third-order valence-corrected chi connectivity index (χ3v) is 4.48. The van der Waals surface area contributed by atoms with E-state index >= 15 is 0 Å². The molecule has 23 heavy (non-hydrogen) atoms. The van der Waals surface area contributed by atoms with E-state index in [9.17, 15) is 4.79 Å². The summed E-state index contributed by atoms with van der Waals surface area (Å²) in [6, 6.07) is 5.94. The first-order valence-corrected chi connectivity index (χ1v) is 8.39. The number of amides is 1. The Bertz CT molecular complexity index is 511. The molecule has 2 rings (SSSR count). The summed E-state index contributed by atoms with van der Waals surface area (Å²) in [5.74, 6) is 1.76. The van der Waals surface area contributed by atoms with Gasteiger partial charge < -0.3 is 19.3 Å². The van der Waals surface area contributed by atoms with Crippen molar-refractivity contribution in [1.82, 2.24) is 9.80 Å². The molecule has 0 saturated carbocycles. The Labute approximate surface area is 139 Å². The Morgan fingerprint density at radius 2 is 1.78 bits per heavy atom. The number of ether oxygens (including phenoxy) is 2. The fourth-order valence-electron chi connectivity index (χ4n) is 2.95. The molecule has 1 amide bonds. The molecule has 0 aliphatic carbocycles. The topological polar surface area (TPSA) is 42.0 Å². The van der Waals surface area contributed by atoms with Gasteiger partial charge in [0.2, 0.25) is 5.91 Å². The zero-order valence-corrected chi connectivity index (χ0v) is 14.5. The smallest absolute Gasteiger partial charge is 0.222 e. The van der Waals surface area contributed by atoms with Crippen molar-refractivity contribution in [3.05, 3.63) is 23.8 Å². The van der Waals surface area contributed by atoms with Crippen LogP contribution in [0.5, 0.6) is 11.5 Å². The number of carbonyl (C=O) groups excluding carboxylic acids is 1. The van der Waals surface area contributed by atoms with Crippen LogP contribution >= 0.6 is 0 Å². The average Bonchev–Trinajstić information content (AvgIpc) is 2.61. The highest BCUT2D eigenvalue weighted by Gasteiger charge is 2.19. The fraction of sp³-hybridized carbons (Fsp3) is 0.611. The quantitative estimate of drug-likeness (QED) is 0.772. The molecule has 1 aliphatic rings. The molecule has 1 aliphatic heterocycles. The van der Waals surface area contributed by atoms with E-state index in [1.54, 1.807) is 14.2 Å². The summed E-state index contributed by atoms with van der Waals surface area (Å²) in [6.45, 7) is 6.96. The standard InChI is InChI=1S/C18H28N2O3/c1-4-19-10-12-20(13-11-19)18(21)7-5-6-15-8-9-16(22-2)17(14-15)23-3/h8-9,14H,4-7,10-13H2,1-3H3. The predicted molar refractivity (Wildman–Crippen MR) is 91.2 cm³/mol. The van der Waals surface area contributed by atoms with E-state index in [-0.39, 0.29) is 5.91 Å². The molecule has 0 radical (unpaired) electrons. The number of hydrogen-bond donors (Lipinski definition) is 0. The van der Waals surface area contributed by atoms with Gasteiger partial charge in [-0.2, -0.15) is 0 Å². The van der Waals surface area contributed by atoms with Gasteiger partial charge >= 0.3 is 0 Å².